The molecular formula is C15H12BrCl2NO2. The number of hydrogen-bond donors (Lipinski definition) is 1. The zero-order valence-electron chi connectivity index (χ0n) is 11.1. The number of rotatable bonds is 4. The van der Waals surface area contributed by atoms with Crippen LogP contribution < -0.4 is 10.1 Å². The highest BCUT2D eigenvalue weighted by atomic mass is 79.9. The first kappa shape index (κ1) is 16.1. The van der Waals surface area contributed by atoms with Gasteiger partial charge in [0.25, 0.3) is 5.91 Å². The summed E-state index contributed by atoms with van der Waals surface area (Å²) in [7, 11) is 0. The van der Waals surface area contributed by atoms with Crippen molar-refractivity contribution in [3.63, 3.8) is 0 Å². The third kappa shape index (κ3) is 4.63. The van der Waals surface area contributed by atoms with Crippen LogP contribution in [0.5, 0.6) is 5.75 Å². The lowest BCUT2D eigenvalue weighted by Crippen LogP contribution is -2.30. The average molecular weight is 389 g/mol. The molecule has 0 aliphatic carbocycles. The van der Waals surface area contributed by atoms with Crippen molar-refractivity contribution in [2.45, 2.75) is 13.0 Å². The normalized spacial score (nSPS) is 11.8. The number of carbonyl (C=O) groups is 1. The summed E-state index contributed by atoms with van der Waals surface area (Å²) in [6.45, 7) is 1.65. The molecule has 0 bridgehead atoms. The fourth-order valence-corrected chi connectivity index (χ4v) is 2.48. The van der Waals surface area contributed by atoms with Crippen molar-refractivity contribution in [3.8, 4) is 5.75 Å². The van der Waals surface area contributed by atoms with Crippen LogP contribution in [0.2, 0.25) is 10.0 Å². The minimum atomic E-state index is -0.692. The molecule has 2 aromatic rings. The Bertz CT molecular complexity index is 664. The van der Waals surface area contributed by atoms with Gasteiger partial charge in [0.1, 0.15) is 5.75 Å². The van der Waals surface area contributed by atoms with E-state index in [9.17, 15) is 4.79 Å². The first-order valence-electron chi connectivity index (χ1n) is 6.14. The number of nitrogens with one attached hydrogen (secondary N) is 1. The van der Waals surface area contributed by atoms with E-state index in [0.717, 1.165) is 4.47 Å². The van der Waals surface area contributed by atoms with E-state index in [1.54, 1.807) is 37.3 Å². The van der Waals surface area contributed by atoms with Crippen molar-refractivity contribution >= 4 is 50.7 Å². The molecule has 0 spiro atoms. The lowest BCUT2D eigenvalue weighted by atomic mass is 10.3. The summed E-state index contributed by atoms with van der Waals surface area (Å²) in [5, 5.41) is 3.65. The fourth-order valence-electron chi connectivity index (χ4n) is 1.62. The highest BCUT2D eigenvalue weighted by Gasteiger charge is 2.16. The van der Waals surface area contributed by atoms with Crippen LogP contribution in [0.3, 0.4) is 0 Å². The molecule has 1 unspecified atom stereocenters. The molecule has 0 aliphatic heterocycles. The number of hydrogen-bond acceptors (Lipinski definition) is 2. The van der Waals surface area contributed by atoms with E-state index in [1.807, 2.05) is 12.1 Å². The van der Waals surface area contributed by atoms with Crippen molar-refractivity contribution in [1.29, 1.82) is 0 Å². The van der Waals surface area contributed by atoms with Crippen LogP contribution in [0, 0.1) is 0 Å². The average Bonchev–Trinajstić information content (AvgIpc) is 2.41. The first-order chi connectivity index (χ1) is 9.95. The van der Waals surface area contributed by atoms with E-state index in [4.69, 9.17) is 27.9 Å². The first-order valence-corrected chi connectivity index (χ1v) is 7.69. The maximum absolute atomic E-state index is 12.1. The molecule has 0 aromatic heterocycles. The molecule has 0 aliphatic rings. The van der Waals surface area contributed by atoms with Crippen molar-refractivity contribution < 1.29 is 9.53 Å². The van der Waals surface area contributed by atoms with Gasteiger partial charge in [-0.25, -0.2) is 0 Å². The predicted molar refractivity (Wildman–Crippen MR) is 89.3 cm³/mol. The van der Waals surface area contributed by atoms with Crippen LogP contribution >= 0.6 is 39.1 Å². The molecule has 0 radical (unpaired) electrons. The fraction of sp³-hybridized carbons (Fsp3) is 0.133. The van der Waals surface area contributed by atoms with Gasteiger partial charge in [0.05, 0.1) is 5.02 Å². The predicted octanol–water partition coefficient (Wildman–Crippen LogP) is 5.16. The number of carbonyl (C=O) groups excluding carboxylic acids is 1. The molecule has 0 fully saturated rings. The molecule has 110 valence electrons. The monoisotopic (exact) mass is 387 g/mol. The van der Waals surface area contributed by atoms with Crippen molar-refractivity contribution in [3.05, 3.63) is 57.0 Å². The van der Waals surface area contributed by atoms with Gasteiger partial charge in [-0.05, 0) is 43.3 Å². The van der Waals surface area contributed by atoms with Gasteiger partial charge in [-0.1, -0.05) is 45.2 Å². The Morgan fingerprint density at radius 1 is 1.24 bits per heavy atom. The van der Waals surface area contributed by atoms with Gasteiger partial charge < -0.3 is 10.1 Å². The lowest BCUT2D eigenvalue weighted by molar-refractivity contribution is -0.122. The van der Waals surface area contributed by atoms with Gasteiger partial charge in [-0.3, -0.25) is 4.79 Å². The smallest absolute Gasteiger partial charge is 0.265 e. The van der Waals surface area contributed by atoms with Crippen LogP contribution in [-0.4, -0.2) is 12.0 Å². The molecule has 21 heavy (non-hydrogen) atoms. The largest absolute Gasteiger partial charge is 0.479 e. The Hall–Kier alpha value is -1.23. The van der Waals surface area contributed by atoms with E-state index >= 15 is 0 Å². The zero-order valence-corrected chi connectivity index (χ0v) is 14.2. The summed E-state index contributed by atoms with van der Waals surface area (Å²) in [4.78, 5) is 12.1. The Balaban J connectivity index is 2.02. The van der Waals surface area contributed by atoms with Crippen LogP contribution in [-0.2, 0) is 4.79 Å². The molecule has 2 aromatic carbocycles. The van der Waals surface area contributed by atoms with E-state index in [-0.39, 0.29) is 5.91 Å². The highest BCUT2D eigenvalue weighted by Crippen LogP contribution is 2.28. The van der Waals surface area contributed by atoms with Gasteiger partial charge in [-0.15, -0.1) is 0 Å². The van der Waals surface area contributed by atoms with Crippen molar-refractivity contribution in [2.75, 3.05) is 5.32 Å². The van der Waals surface area contributed by atoms with Gasteiger partial charge in [0.2, 0.25) is 0 Å². The summed E-state index contributed by atoms with van der Waals surface area (Å²) in [5.41, 5.74) is 0.687. The molecule has 0 saturated heterocycles. The Labute approximate surface area is 141 Å². The molecule has 0 saturated carbocycles. The maximum atomic E-state index is 12.1. The number of benzene rings is 2. The van der Waals surface area contributed by atoms with Gasteiger partial charge in [0.15, 0.2) is 6.10 Å². The Morgan fingerprint density at radius 2 is 2.00 bits per heavy atom. The summed E-state index contributed by atoms with van der Waals surface area (Å²) < 4.78 is 6.43. The number of halogens is 3. The van der Waals surface area contributed by atoms with Crippen LogP contribution in [0.25, 0.3) is 0 Å². The minimum absolute atomic E-state index is 0.265. The zero-order chi connectivity index (χ0) is 15.4. The van der Waals surface area contributed by atoms with E-state index in [1.165, 1.54) is 0 Å². The van der Waals surface area contributed by atoms with E-state index < -0.39 is 6.10 Å². The minimum Gasteiger partial charge on any atom is -0.479 e. The number of amides is 1. The summed E-state index contributed by atoms with van der Waals surface area (Å²) in [6, 6.07) is 12.2. The van der Waals surface area contributed by atoms with Gasteiger partial charge in [0, 0.05) is 15.2 Å². The van der Waals surface area contributed by atoms with Gasteiger partial charge in [-0.2, -0.15) is 0 Å². The number of ether oxygens (including phenoxy) is 1. The second kappa shape index (κ2) is 7.16. The van der Waals surface area contributed by atoms with Crippen LogP contribution in [0.4, 0.5) is 5.69 Å². The van der Waals surface area contributed by atoms with E-state index in [2.05, 4.69) is 21.2 Å². The van der Waals surface area contributed by atoms with Crippen LogP contribution in [0.1, 0.15) is 6.92 Å². The molecule has 1 atom stereocenters. The third-order valence-electron chi connectivity index (χ3n) is 2.66. The Morgan fingerprint density at radius 3 is 2.67 bits per heavy atom. The van der Waals surface area contributed by atoms with Crippen molar-refractivity contribution in [1.82, 2.24) is 0 Å². The maximum Gasteiger partial charge on any atom is 0.265 e. The molecule has 3 nitrogen and oxygen atoms in total. The molecule has 0 heterocycles. The summed E-state index contributed by atoms with van der Waals surface area (Å²) in [5.74, 6) is 0.150. The quantitative estimate of drug-likeness (QED) is 0.785. The van der Waals surface area contributed by atoms with Crippen LogP contribution in [0.15, 0.2) is 46.9 Å². The topological polar surface area (TPSA) is 38.3 Å². The second-order valence-electron chi connectivity index (χ2n) is 4.33. The molecule has 1 N–H and O–H groups in total. The molecule has 2 rings (SSSR count). The van der Waals surface area contributed by atoms with Gasteiger partial charge >= 0.3 is 0 Å². The Kier molecular flexibility index (Phi) is 5.51. The molecule has 6 heteroatoms. The summed E-state index contributed by atoms with van der Waals surface area (Å²) >= 11 is 15.2. The third-order valence-corrected chi connectivity index (χ3v) is 3.68. The SMILES string of the molecule is CC(Oc1ccc(Cl)cc1Cl)C(=O)Nc1cccc(Br)c1. The van der Waals surface area contributed by atoms with Crippen molar-refractivity contribution in [2.24, 2.45) is 0 Å². The lowest BCUT2D eigenvalue weighted by Gasteiger charge is -2.16. The van der Waals surface area contributed by atoms with E-state index in [0.29, 0.717) is 21.5 Å². The highest BCUT2D eigenvalue weighted by molar-refractivity contribution is 9.10. The molecule has 1 amide bonds. The second-order valence-corrected chi connectivity index (χ2v) is 6.09. The summed E-state index contributed by atoms with van der Waals surface area (Å²) in [6.07, 6.45) is -0.692. The standard InChI is InChI=1S/C15H12BrCl2NO2/c1-9(21-14-6-5-11(17)8-13(14)18)15(20)19-12-4-2-3-10(16)7-12/h2-9H,1H3,(H,19,20). The number of anilines is 1. The molecular weight excluding hydrogens is 377 g/mol.